The van der Waals surface area contributed by atoms with Gasteiger partial charge < -0.3 is 15.4 Å². The predicted octanol–water partition coefficient (Wildman–Crippen LogP) is 5.11. The standard InChI is InChI=1S/C21H24N4O/c1-21(2,3)25-19-14-18(22-16-12-8-9-13-17(16)26-4)23-20(24-19)15-10-6-5-7-11-15/h5-14H,1-4H3,(H2,22,23,24,25). The van der Waals surface area contributed by atoms with Gasteiger partial charge in [-0.25, -0.2) is 9.97 Å². The lowest BCUT2D eigenvalue weighted by Crippen LogP contribution is -2.26. The average molecular weight is 348 g/mol. The second-order valence-electron chi connectivity index (χ2n) is 7.03. The number of anilines is 3. The number of nitrogens with one attached hydrogen (secondary N) is 2. The van der Waals surface area contributed by atoms with Gasteiger partial charge >= 0.3 is 0 Å². The average Bonchev–Trinajstić information content (AvgIpc) is 2.61. The molecular weight excluding hydrogens is 324 g/mol. The van der Waals surface area contributed by atoms with Gasteiger partial charge in [0.15, 0.2) is 5.82 Å². The van der Waals surface area contributed by atoms with Crippen molar-refractivity contribution in [2.24, 2.45) is 0 Å². The highest BCUT2D eigenvalue weighted by Crippen LogP contribution is 2.29. The van der Waals surface area contributed by atoms with Crippen LogP contribution in [0.1, 0.15) is 20.8 Å². The van der Waals surface area contributed by atoms with Gasteiger partial charge in [-0.15, -0.1) is 0 Å². The Hall–Kier alpha value is -3.08. The van der Waals surface area contributed by atoms with Crippen molar-refractivity contribution in [3.8, 4) is 17.1 Å². The molecule has 0 bridgehead atoms. The number of rotatable bonds is 5. The quantitative estimate of drug-likeness (QED) is 0.671. The van der Waals surface area contributed by atoms with Crippen LogP contribution in [0, 0.1) is 0 Å². The van der Waals surface area contributed by atoms with Gasteiger partial charge in [0.25, 0.3) is 0 Å². The highest BCUT2D eigenvalue weighted by Gasteiger charge is 2.14. The molecular formula is C21H24N4O. The Morgan fingerprint density at radius 3 is 2.19 bits per heavy atom. The second-order valence-corrected chi connectivity index (χ2v) is 7.03. The van der Waals surface area contributed by atoms with Crippen molar-refractivity contribution in [2.45, 2.75) is 26.3 Å². The summed E-state index contributed by atoms with van der Waals surface area (Å²) in [6.07, 6.45) is 0. The molecule has 3 rings (SSSR count). The van der Waals surface area contributed by atoms with E-state index in [0.29, 0.717) is 11.6 Å². The van der Waals surface area contributed by atoms with Crippen molar-refractivity contribution < 1.29 is 4.74 Å². The number of ether oxygens (including phenoxy) is 1. The normalized spacial score (nSPS) is 11.1. The Kier molecular flexibility index (Phi) is 5.07. The molecule has 2 N–H and O–H groups in total. The van der Waals surface area contributed by atoms with Gasteiger partial charge in [-0.1, -0.05) is 42.5 Å². The van der Waals surface area contributed by atoms with E-state index in [1.807, 2.05) is 60.7 Å². The number of para-hydroxylation sites is 2. The minimum atomic E-state index is -0.107. The van der Waals surface area contributed by atoms with Gasteiger partial charge in [-0.05, 0) is 32.9 Å². The van der Waals surface area contributed by atoms with E-state index in [1.165, 1.54) is 0 Å². The van der Waals surface area contributed by atoms with Crippen LogP contribution in [0.15, 0.2) is 60.7 Å². The minimum Gasteiger partial charge on any atom is -0.495 e. The van der Waals surface area contributed by atoms with Gasteiger partial charge in [0, 0.05) is 17.2 Å². The molecule has 0 saturated carbocycles. The van der Waals surface area contributed by atoms with Crippen molar-refractivity contribution in [1.29, 1.82) is 0 Å². The van der Waals surface area contributed by atoms with Crippen LogP contribution in [0.2, 0.25) is 0 Å². The molecule has 3 aromatic rings. The van der Waals surface area contributed by atoms with Crippen LogP contribution < -0.4 is 15.4 Å². The van der Waals surface area contributed by atoms with Gasteiger partial charge in [0.05, 0.1) is 12.8 Å². The molecule has 5 nitrogen and oxygen atoms in total. The Morgan fingerprint density at radius 2 is 1.50 bits per heavy atom. The summed E-state index contributed by atoms with van der Waals surface area (Å²) in [6, 6.07) is 19.6. The van der Waals surface area contributed by atoms with Crippen LogP contribution in [-0.4, -0.2) is 22.6 Å². The van der Waals surface area contributed by atoms with Crippen LogP contribution >= 0.6 is 0 Å². The maximum Gasteiger partial charge on any atom is 0.163 e. The van der Waals surface area contributed by atoms with Crippen molar-refractivity contribution in [1.82, 2.24) is 9.97 Å². The number of benzene rings is 2. The van der Waals surface area contributed by atoms with E-state index in [1.54, 1.807) is 7.11 Å². The van der Waals surface area contributed by atoms with E-state index >= 15 is 0 Å². The third-order valence-corrected chi connectivity index (χ3v) is 3.63. The summed E-state index contributed by atoms with van der Waals surface area (Å²) in [5, 5.41) is 6.77. The number of nitrogens with zero attached hydrogens (tertiary/aromatic N) is 2. The number of hydrogen-bond donors (Lipinski definition) is 2. The van der Waals surface area contributed by atoms with E-state index in [4.69, 9.17) is 4.74 Å². The first kappa shape index (κ1) is 17.7. The van der Waals surface area contributed by atoms with Gasteiger partial charge in [0.1, 0.15) is 17.4 Å². The molecule has 0 radical (unpaired) electrons. The lowest BCUT2D eigenvalue weighted by atomic mass is 10.1. The Bertz CT molecular complexity index is 873. The molecule has 0 spiro atoms. The van der Waals surface area contributed by atoms with Crippen molar-refractivity contribution in [2.75, 3.05) is 17.7 Å². The first-order valence-corrected chi connectivity index (χ1v) is 8.57. The fourth-order valence-corrected chi connectivity index (χ4v) is 2.56. The summed E-state index contributed by atoms with van der Waals surface area (Å²) >= 11 is 0. The van der Waals surface area contributed by atoms with Crippen LogP contribution in [0.4, 0.5) is 17.3 Å². The topological polar surface area (TPSA) is 59.1 Å². The largest absolute Gasteiger partial charge is 0.495 e. The van der Waals surface area contributed by atoms with E-state index in [-0.39, 0.29) is 5.54 Å². The van der Waals surface area contributed by atoms with E-state index in [0.717, 1.165) is 22.8 Å². The predicted molar refractivity (Wildman–Crippen MR) is 107 cm³/mol. The molecule has 0 fully saturated rings. The molecule has 134 valence electrons. The van der Waals surface area contributed by atoms with Crippen molar-refractivity contribution >= 4 is 17.3 Å². The highest BCUT2D eigenvalue weighted by molar-refractivity contribution is 5.68. The highest BCUT2D eigenvalue weighted by atomic mass is 16.5. The van der Waals surface area contributed by atoms with Gasteiger partial charge in [0.2, 0.25) is 0 Å². The molecule has 0 aliphatic carbocycles. The number of hydrogen-bond acceptors (Lipinski definition) is 5. The van der Waals surface area contributed by atoms with Crippen LogP contribution in [-0.2, 0) is 0 Å². The molecule has 2 aromatic carbocycles. The van der Waals surface area contributed by atoms with Crippen LogP contribution in [0.3, 0.4) is 0 Å². The SMILES string of the molecule is COc1ccccc1Nc1cc(NC(C)(C)C)nc(-c2ccccc2)n1. The zero-order valence-corrected chi connectivity index (χ0v) is 15.6. The number of aromatic nitrogens is 2. The minimum absolute atomic E-state index is 0.107. The van der Waals surface area contributed by atoms with E-state index < -0.39 is 0 Å². The lowest BCUT2D eigenvalue weighted by molar-refractivity contribution is 0.417. The maximum atomic E-state index is 5.42. The summed E-state index contributed by atoms with van der Waals surface area (Å²) in [6.45, 7) is 6.31. The van der Waals surface area contributed by atoms with E-state index in [2.05, 4.69) is 41.4 Å². The summed E-state index contributed by atoms with van der Waals surface area (Å²) in [7, 11) is 1.66. The third-order valence-electron chi connectivity index (χ3n) is 3.63. The molecule has 0 aliphatic heterocycles. The smallest absolute Gasteiger partial charge is 0.163 e. The molecule has 5 heteroatoms. The van der Waals surface area contributed by atoms with Crippen LogP contribution in [0.25, 0.3) is 11.4 Å². The Labute approximate surface area is 154 Å². The van der Waals surface area contributed by atoms with Gasteiger partial charge in [-0.2, -0.15) is 0 Å². The van der Waals surface area contributed by atoms with E-state index in [9.17, 15) is 0 Å². The van der Waals surface area contributed by atoms with Gasteiger partial charge in [-0.3, -0.25) is 0 Å². The summed E-state index contributed by atoms with van der Waals surface area (Å²) in [4.78, 5) is 9.37. The Morgan fingerprint density at radius 1 is 0.846 bits per heavy atom. The molecule has 1 heterocycles. The first-order chi connectivity index (χ1) is 12.4. The summed E-state index contributed by atoms with van der Waals surface area (Å²) in [5.41, 5.74) is 1.71. The number of methoxy groups -OCH3 is 1. The van der Waals surface area contributed by atoms with Crippen molar-refractivity contribution in [3.05, 3.63) is 60.7 Å². The lowest BCUT2D eigenvalue weighted by Gasteiger charge is -2.22. The zero-order chi connectivity index (χ0) is 18.6. The monoisotopic (exact) mass is 348 g/mol. The Balaban J connectivity index is 2.02. The molecule has 0 amide bonds. The van der Waals surface area contributed by atoms with Crippen LogP contribution in [0.5, 0.6) is 5.75 Å². The zero-order valence-electron chi connectivity index (χ0n) is 15.6. The fraction of sp³-hybridized carbons (Fsp3) is 0.238. The van der Waals surface area contributed by atoms with Crippen molar-refractivity contribution in [3.63, 3.8) is 0 Å². The molecule has 26 heavy (non-hydrogen) atoms. The summed E-state index contributed by atoms with van der Waals surface area (Å²) < 4.78 is 5.42. The molecule has 0 atom stereocenters. The third kappa shape index (κ3) is 4.51. The fourth-order valence-electron chi connectivity index (χ4n) is 2.56. The molecule has 1 aromatic heterocycles. The second kappa shape index (κ2) is 7.44. The molecule has 0 aliphatic rings. The molecule has 0 saturated heterocycles. The first-order valence-electron chi connectivity index (χ1n) is 8.57. The maximum absolute atomic E-state index is 5.42. The summed E-state index contributed by atoms with van der Waals surface area (Å²) in [5.74, 6) is 2.90. The molecule has 0 unspecified atom stereocenters.